The van der Waals surface area contributed by atoms with Gasteiger partial charge in [-0.15, -0.1) is 0 Å². The molecule has 0 unspecified atom stereocenters. The highest BCUT2D eigenvalue weighted by Crippen LogP contribution is 2.42. The van der Waals surface area contributed by atoms with Crippen LogP contribution in [-0.4, -0.2) is 10.0 Å². The van der Waals surface area contributed by atoms with E-state index in [1.807, 2.05) is 52.0 Å². The third-order valence-corrected chi connectivity index (χ3v) is 5.36. The SMILES string of the molecule is CC(C)c1cccc(C(C)C)c1Nc1c([N+](=O)[O-])ccc(-c2ccc(C#N)cc2O)c1F. The van der Waals surface area contributed by atoms with Crippen LogP contribution in [0.4, 0.5) is 21.5 Å². The topological polar surface area (TPSA) is 99.2 Å². The van der Waals surface area contributed by atoms with E-state index in [0.29, 0.717) is 5.69 Å². The summed E-state index contributed by atoms with van der Waals surface area (Å²) in [5.74, 6) is -0.936. The molecular weight excluding hydrogens is 409 g/mol. The summed E-state index contributed by atoms with van der Waals surface area (Å²) in [6, 6.07) is 14.2. The predicted octanol–water partition coefficient (Wildman–Crippen LogP) is 6.97. The van der Waals surface area contributed by atoms with Crippen LogP contribution >= 0.6 is 0 Å². The Labute approximate surface area is 186 Å². The number of benzene rings is 3. The Bertz CT molecular complexity index is 1200. The molecule has 164 valence electrons. The van der Waals surface area contributed by atoms with Crippen LogP contribution in [0.25, 0.3) is 11.1 Å². The van der Waals surface area contributed by atoms with Gasteiger partial charge in [0.1, 0.15) is 5.75 Å². The first kappa shape index (κ1) is 22.8. The Morgan fingerprint density at radius 1 is 1.00 bits per heavy atom. The van der Waals surface area contributed by atoms with Crippen LogP contribution in [0.3, 0.4) is 0 Å². The number of nitro groups is 1. The Hall–Kier alpha value is -3.92. The molecule has 0 bridgehead atoms. The molecule has 0 saturated carbocycles. The minimum Gasteiger partial charge on any atom is -0.507 e. The molecule has 0 atom stereocenters. The molecular formula is C25H24FN3O3. The summed E-state index contributed by atoms with van der Waals surface area (Å²) in [4.78, 5) is 11.1. The van der Waals surface area contributed by atoms with E-state index in [4.69, 9.17) is 5.26 Å². The Kier molecular flexibility index (Phi) is 6.45. The van der Waals surface area contributed by atoms with Crippen LogP contribution < -0.4 is 5.32 Å². The van der Waals surface area contributed by atoms with Gasteiger partial charge in [0.25, 0.3) is 5.69 Å². The zero-order valence-electron chi connectivity index (χ0n) is 18.3. The van der Waals surface area contributed by atoms with Gasteiger partial charge in [-0.05, 0) is 47.2 Å². The Balaban J connectivity index is 2.25. The fourth-order valence-electron chi connectivity index (χ4n) is 3.69. The van der Waals surface area contributed by atoms with E-state index in [1.165, 1.54) is 30.3 Å². The molecule has 0 heterocycles. The first-order valence-corrected chi connectivity index (χ1v) is 10.3. The summed E-state index contributed by atoms with van der Waals surface area (Å²) in [6.45, 7) is 8.00. The molecule has 6 nitrogen and oxygen atoms in total. The van der Waals surface area contributed by atoms with Crippen molar-refractivity contribution in [3.63, 3.8) is 0 Å². The van der Waals surface area contributed by atoms with E-state index in [0.717, 1.165) is 11.1 Å². The molecule has 0 fully saturated rings. The number of aromatic hydroxyl groups is 1. The van der Waals surface area contributed by atoms with Gasteiger partial charge in [-0.1, -0.05) is 45.9 Å². The summed E-state index contributed by atoms with van der Waals surface area (Å²) in [5, 5.41) is 34.1. The number of halogens is 1. The molecule has 7 heteroatoms. The van der Waals surface area contributed by atoms with Gasteiger partial charge < -0.3 is 10.4 Å². The van der Waals surface area contributed by atoms with Gasteiger partial charge in [0.15, 0.2) is 11.5 Å². The minimum atomic E-state index is -0.854. The molecule has 0 aromatic heterocycles. The number of rotatable bonds is 6. The van der Waals surface area contributed by atoms with E-state index < -0.39 is 16.4 Å². The van der Waals surface area contributed by atoms with Crippen molar-refractivity contribution in [3.8, 4) is 22.9 Å². The number of anilines is 2. The third-order valence-electron chi connectivity index (χ3n) is 5.36. The van der Waals surface area contributed by atoms with E-state index in [-0.39, 0.29) is 40.0 Å². The summed E-state index contributed by atoms with van der Waals surface area (Å²) >= 11 is 0. The molecule has 0 aliphatic carbocycles. The highest BCUT2D eigenvalue weighted by molar-refractivity contribution is 5.82. The number of phenolic OH excluding ortho intramolecular Hbond substituents is 1. The molecule has 0 aliphatic rings. The standard InChI is InChI=1S/C25H24FN3O3/c1-14(2)17-6-5-7-18(15(3)4)24(17)28-25-21(29(31)32)11-10-20(23(25)26)19-9-8-16(13-27)12-22(19)30/h5-12,14-15,28,30H,1-4H3. The number of para-hydroxylation sites is 1. The van der Waals surface area contributed by atoms with Crippen LogP contribution in [-0.2, 0) is 0 Å². The van der Waals surface area contributed by atoms with E-state index in [9.17, 15) is 15.2 Å². The first-order chi connectivity index (χ1) is 15.1. The van der Waals surface area contributed by atoms with Crippen LogP contribution in [0.2, 0.25) is 0 Å². The molecule has 3 aromatic rings. The minimum absolute atomic E-state index is 0.00628. The van der Waals surface area contributed by atoms with Crippen molar-refractivity contribution in [1.29, 1.82) is 5.26 Å². The van der Waals surface area contributed by atoms with Crippen LogP contribution in [0.5, 0.6) is 5.75 Å². The van der Waals surface area contributed by atoms with Gasteiger partial charge in [-0.2, -0.15) is 5.26 Å². The molecule has 0 saturated heterocycles. The van der Waals surface area contributed by atoms with Crippen molar-refractivity contribution in [1.82, 2.24) is 0 Å². The van der Waals surface area contributed by atoms with Gasteiger partial charge in [0.2, 0.25) is 0 Å². The maximum Gasteiger partial charge on any atom is 0.295 e. The van der Waals surface area contributed by atoms with Crippen LogP contribution in [0.15, 0.2) is 48.5 Å². The van der Waals surface area contributed by atoms with Crippen molar-refractivity contribution in [2.75, 3.05) is 5.32 Å². The van der Waals surface area contributed by atoms with Crippen molar-refractivity contribution >= 4 is 17.1 Å². The van der Waals surface area contributed by atoms with Gasteiger partial charge in [0, 0.05) is 22.9 Å². The largest absolute Gasteiger partial charge is 0.507 e. The average molecular weight is 433 g/mol. The number of hydrogen-bond donors (Lipinski definition) is 2. The highest BCUT2D eigenvalue weighted by atomic mass is 19.1. The third kappa shape index (κ3) is 4.26. The molecule has 3 aromatic carbocycles. The van der Waals surface area contributed by atoms with E-state index in [1.54, 1.807) is 0 Å². The fourth-order valence-corrected chi connectivity index (χ4v) is 3.69. The second kappa shape index (κ2) is 9.06. The van der Waals surface area contributed by atoms with Crippen molar-refractivity contribution in [2.45, 2.75) is 39.5 Å². The smallest absolute Gasteiger partial charge is 0.295 e. The van der Waals surface area contributed by atoms with Gasteiger partial charge >= 0.3 is 0 Å². The second-order valence-corrected chi connectivity index (χ2v) is 8.17. The summed E-state index contributed by atoms with van der Waals surface area (Å²) < 4.78 is 15.7. The van der Waals surface area contributed by atoms with E-state index >= 15 is 4.39 Å². The van der Waals surface area contributed by atoms with Gasteiger partial charge in [-0.25, -0.2) is 4.39 Å². The number of nitrogens with one attached hydrogen (secondary N) is 1. The van der Waals surface area contributed by atoms with Gasteiger partial charge in [-0.3, -0.25) is 10.1 Å². The zero-order chi connectivity index (χ0) is 23.6. The molecule has 0 spiro atoms. The fraction of sp³-hybridized carbons (Fsp3) is 0.240. The Morgan fingerprint density at radius 3 is 2.09 bits per heavy atom. The molecule has 0 aliphatic heterocycles. The number of nitrogens with zero attached hydrogens (tertiary/aromatic N) is 2. The molecule has 0 radical (unpaired) electrons. The lowest BCUT2D eigenvalue weighted by Gasteiger charge is -2.21. The summed E-state index contributed by atoms with van der Waals surface area (Å²) in [6.07, 6.45) is 0. The lowest BCUT2D eigenvalue weighted by molar-refractivity contribution is -0.384. The van der Waals surface area contributed by atoms with E-state index in [2.05, 4.69) is 5.32 Å². The summed E-state index contributed by atoms with van der Waals surface area (Å²) in [5.41, 5.74) is 2.14. The van der Waals surface area contributed by atoms with Gasteiger partial charge in [0.05, 0.1) is 16.6 Å². The monoisotopic (exact) mass is 433 g/mol. The number of nitriles is 1. The Morgan fingerprint density at radius 2 is 1.59 bits per heavy atom. The van der Waals surface area contributed by atoms with Crippen molar-refractivity contribution < 1.29 is 14.4 Å². The maximum atomic E-state index is 15.7. The second-order valence-electron chi connectivity index (χ2n) is 8.17. The number of nitro benzene ring substituents is 1. The van der Waals surface area contributed by atoms with Crippen LogP contribution in [0, 0.1) is 27.3 Å². The molecule has 3 rings (SSSR count). The average Bonchev–Trinajstić information content (AvgIpc) is 2.74. The van der Waals surface area contributed by atoms with Crippen molar-refractivity contribution in [3.05, 3.63) is 81.2 Å². The van der Waals surface area contributed by atoms with Crippen molar-refractivity contribution in [2.24, 2.45) is 0 Å². The molecule has 32 heavy (non-hydrogen) atoms. The number of phenols is 1. The lowest BCUT2D eigenvalue weighted by atomic mass is 9.92. The first-order valence-electron chi connectivity index (χ1n) is 10.3. The highest BCUT2D eigenvalue weighted by Gasteiger charge is 2.25. The summed E-state index contributed by atoms with van der Waals surface area (Å²) in [7, 11) is 0. The normalized spacial score (nSPS) is 10.9. The maximum absolute atomic E-state index is 15.7. The molecule has 0 amide bonds. The lowest BCUT2D eigenvalue weighted by Crippen LogP contribution is -2.07. The number of hydrogen-bond acceptors (Lipinski definition) is 5. The predicted molar refractivity (Wildman–Crippen MR) is 123 cm³/mol. The zero-order valence-corrected chi connectivity index (χ0v) is 18.3. The molecule has 2 N–H and O–H groups in total. The van der Waals surface area contributed by atoms with Crippen LogP contribution in [0.1, 0.15) is 56.2 Å². The quantitative estimate of drug-likeness (QED) is 0.323.